The maximum atomic E-state index is 12.9. The van der Waals surface area contributed by atoms with Gasteiger partial charge in [0.1, 0.15) is 6.54 Å². The van der Waals surface area contributed by atoms with E-state index in [-0.39, 0.29) is 22.4 Å². The molecule has 25 heavy (non-hydrogen) atoms. The Morgan fingerprint density at radius 2 is 1.84 bits per heavy atom. The van der Waals surface area contributed by atoms with E-state index in [1.807, 2.05) is 0 Å². The Balaban J connectivity index is 2.61. The lowest BCUT2D eigenvalue weighted by Gasteiger charge is -2.30. The predicted octanol–water partition coefficient (Wildman–Crippen LogP) is 3.88. The van der Waals surface area contributed by atoms with Crippen LogP contribution in [0.15, 0.2) is 18.2 Å². The zero-order valence-electron chi connectivity index (χ0n) is 12.8. The molecule has 1 aromatic carbocycles. The van der Waals surface area contributed by atoms with Crippen LogP contribution >= 0.6 is 0 Å². The van der Waals surface area contributed by atoms with E-state index in [2.05, 4.69) is 0 Å². The lowest BCUT2D eigenvalue weighted by molar-refractivity contribution is -0.154. The number of carboxylic acids is 1. The second-order valence-corrected chi connectivity index (χ2v) is 5.65. The monoisotopic (exact) mass is 369 g/mol. The summed E-state index contributed by atoms with van der Waals surface area (Å²) in [4.78, 5) is 23.9. The van der Waals surface area contributed by atoms with Crippen molar-refractivity contribution in [2.75, 3.05) is 6.54 Å². The minimum absolute atomic E-state index is 0.155. The maximum Gasteiger partial charge on any atom is 0.416 e. The van der Waals surface area contributed by atoms with Crippen molar-refractivity contribution in [3.63, 3.8) is 0 Å². The van der Waals surface area contributed by atoms with E-state index >= 15 is 0 Å². The van der Waals surface area contributed by atoms with Gasteiger partial charge < -0.3 is 10.0 Å². The molecular formula is C15H13F6NO3. The summed E-state index contributed by atoms with van der Waals surface area (Å²) >= 11 is 0. The molecule has 1 N–H and O–H groups in total. The van der Waals surface area contributed by atoms with Gasteiger partial charge in [-0.25, -0.2) is 0 Å². The van der Waals surface area contributed by atoms with Gasteiger partial charge in [-0.1, -0.05) is 6.92 Å². The number of hydrogen-bond donors (Lipinski definition) is 1. The molecule has 138 valence electrons. The number of fused-ring (bicyclic) bond motifs is 1. The summed E-state index contributed by atoms with van der Waals surface area (Å²) in [5.74, 6) is -4.08. The first-order chi connectivity index (χ1) is 11.4. The molecule has 0 saturated heterocycles. The third-order valence-electron chi connectivity index (χ3n) is 4.01. The van der Waals surface area contributed by atoms with E-state index in [4.69, 9.17) is 0 Å². The number of halogens is 6. The van der Waals surface area contributed by atoms with Crippen LogP contribution in [-0.4, -0.2) is 34.6 Å². The summed E-state index contributed by atoms with van der Waals surface area (Å²) in [5.41, 5.74) is -1.85. The topological polar surface area (TPSA) is 57.6 Å². The number of hydrogen-bond acceptors (Lipinski definition) is 2. The first kappa shape index (κ1) is 19.1. The van der Waals surface area contributed by atoms with Crippen molar-refractivity contribution in [2.45, 2.75) is 31.7 Å². The Morgan fingerprint density at radius 1 is 1.24 bits per heavy atom. The zero-order valence-corrected chi connectivity index (χ0v) is 12.8. The SMILES string of the molecule is CCC(C(=O)O)C1c2cc(C(F)(F)F)ccc2C(=O)N1CC(F)(F)F. The smallest absolute Gasteiger partial charge is 0.416 e. The van der Waals surface area contributed by atoms with E-state index in [0.29, 0.717) is 12.1 Å². The molecule has 10 heteroatoms. The minimum Gasteiger partial charge on any atom is -0.481 e. The van der Waals surface area contributed by atoms with Crippen molar-refractivity contribution in [1.82, 2.24) is 4.90 Å². The van der Waals surface area contributed by atoms with Crippen LogP contribution < -0.4 is 0 Å². The van der Waals surface area contributed by atoms with Crippen molar-refractivity contribution in [1.29, 1.82) is 0 Å². The lowest BCUT2D eigenvalue weighted by Crippen LogP contribution is -2.41. The summed E-state index contributed by atoms with van der Waals surface area (Å²) in [6.07, 6.45) is -9.75. The summed E-state index contributed by atoms with van der Waals surface area (Å²) in [6, 6.07) is 0.319. The molecule has 2 unspecified atom stereocenters. The van der Waals surface area contributed by atoms with Crippen molar-refractivity contribution in [3.05, 3.63) is 34.9 Å². The Morgan fingerprint density at radius 3 is 2.28 bits per heavy atom. The fourth-order valence-corrected chi connectivity index (χ4v) is 2.96. The van der Waals surface area contributed by atoms with Crippen LogP contribution in [0, 0.1) is 5.92 Å². The predicted molar refractivity (Wildman–Crippen MR) is 72.7 cm³/mol. The van der Waals surface area contributed by atoms with Gasteiger partial charge in [0, 0.05) is 5.56 Å². The van der Waals surface area contributed by atoms with Crippen molar-refractivity contribution >= 4 is 11.9 Å². The average Bonchev–Trinajstić information content (AvgIpc) is 2.71. The molecule has 0 spiro atoms. The molecule has 2 atom stereocenters. The number of carbonyl (C=O) groups is 2. The molecule has 0 bridgehead atoms. The highest BCUT2D eigenvalue weighted by molar-refractivity contribution is 6.00. The van der Waals surface area contributed by atoms with Gasteiger partial charge >= 0.3 is 18.3 Å². The van der Waals surface area contributed by atoms with Crippen molar-refractivity contribution < 1.29 is 41.0 Å². The Kier molecular flexibility index (Phi) is 4.75. The first-order valence-corrected chi connectivity index (χ1v) is 7.18. The molecule has 1 aliphatic rings. The van der Waals surface area contributed by atoms with Crippen molar-refractivity contribution in [2.24, 2.45) is 5.92 Å². The van der Waals surface area contributed by atoms with Gasteiger partial charge in [-0.2, -0.15) is 26.3 Å². The third-order valence-corrected chi connectivity index (χ3v) is 4.01. The van der Waals surface area contributed by atoms with E-state index in [0.717, 1.165) is 6.07 Å². The standard InChI is InChI=1S/C15H13F6NO3/c1-2-8(13(24)25)11-10-5-7(15(19,20)21)3-4-9(10)12(23)22(11)6-14(16,17)18/h3-5,8,11H,2,6H2,1H3,(H,24,25). The highest BCUT2D eigenvalue weighted by Crippen LogP contribution is 2.43. The maximum absolute atomic E-state index is 12.9. The highest BCUT2D eigenvalue weighted by atomic mass is 19.4. The normalized spacial score (nSPS) is 19.1. The molecule has 0 aliphatic carbocycles. The van der Waals surface area contributed by atoms with Gasteiger partial charge in [-0.3, -0.25) is 9.59 Å². The summed E-state index contributed by atoms with van der Waals surface area (Å²) < 4.78 is 77.1. The molecule has 0 fully saturated rings. The third kappa shape index (κ3) is 3.72. The van der Waals surface area contributed by atoms with E-state index < -0.39 is 48.3 Å². The molecule has 1 heterocycles. The summed E-state index contributed by atoms with van der Waals surface area (Å²) in [6.45, 7) is -0.364. The molecule has 4 nitrogen and oxygen atoms in total. The van der Waals surface area contributed by atoms with E-state index in [1.54, 1.807) is 0 Å². The fourth-order valence-electron chi connectivity index (χ4n) is 2.96. The van der Waals surface area contributed by atoms with Gasteiger partial charge in [0.15, 0.2) is 0 Å². The number of aliphatic carboxylic acids is 1. The zero-order chi connectivity index (χ0) is 19.2. The number of carboxylic acid groups (broad SMARTS) is 1. The number of rotatable bonds is 4. The second-order valence-electron chi connectivity index (χ2n) is 5.65. The summed E-state index contributed by atoms with van der Waals surface area (Å²) in [5, 5.41) is 9.25. The molecule has 1 aromatic rings. The average molecular weight is 369 g/mol. The molecular weight excluding hydrogens is 356 g/mol. The molecule has 2 rings (SSSR count). The number of alkyl halides is 6. The molecule has 0 radical (unpaired) electrons. The van der Waals surface area contributed by atoms with Crippen LogP contribution in [0.1, 0.15) is 40.9 Å². The Bertz CT molecular complexity index is 697. The highest BCUT2D eigenvalue weighted by Gasteiger charge is 2.48. The van der Waals surface area contributed by atoms with Crippen LogP contribution in [0.25, 0.3) is 0 Å². The molecule has 0 aromatic heterocycles. The van der Waals surface area contributed by atoms with Gasteiger partial charge in [-0.15, -0.1) is 0 Å². The largest absolute Gasteiger partial charge is 0.481 e. The van der Waals surface area contributed by atoms with E-state index in [9.17, 15) is 41.0 Å². The van der Waals surface area contributed by atoms with Crippen LogP contribution in [0.5, 0.6) is 0 Å². The van der Waals surface area contributed by atoms with Crippen LogP contribution in [0.3, 0.4) is 0 Å². The number of benzene rings is 1. The lowest BCUT2D eigenvalue weighted by atomic mass is 9.89. The number of nitrogens with zero attached hydrogens (tertiary/aromatic N) is 1. The van der Waals surface area contributed by atoms with Crippen molar-refractivity contribution in [3.8, 4) is 0 Å². The van der Waals surface area contributed by atoms with Gasteiger partial charge in [0.05, 0.1) is 17.5 Å². The Hall–Kier alpha value is -2.26. The molecule has 0 saturated carbocycles. The number of amides is 1. The van der Waals surface area contributed by atoms with Gasteiger partial charge in [0.25, 0.3) is 5.91 Å². The van der Waals surface area contributed by atoms with Crippen LogP contribution in [0.2, 0.25) is 0 Å². The first-order valence-electron chi connectivity index (χ1n) is 7.18. The molecule has 1 aliphatic heterocycles. The van der Waals surface area contributed by atoms with Crippen LogP contribution in [0.4, 0.5) is 26.3 Å². The molecule has 1 amide bonds. The van der Waals surface area contributed by atoms with Gasteiger partial charge in [-0.05, 0) is 30.2 Å². The quantitative estimate of drug-likeness (QED) is 0.820. The van der Waals surface area contributed by atoms with E-state index in [1.165, 1.54) is 6.92 Å². The van der Waals surface area contributed by atoms with Gasteiger partial charge in [0.2, 0.25) is 0 Å². The number of carbonyl (C=O) groups excluding carboxylic acids is 1. The second kappa shape index (κ2) is 6.23. The Labute approximate surface area is 138 Å². The summed E-state index contributed by atoms with van der Waals surface area (Å²) in [7, 11) is 0. The minimum atomic E-state index is -4.82. The van der Waals surface area contributed by atoms with Crippen LogP contribution in [-0.2, 0) is 11.0 Å². The fraction of sp³-hybridized carbons (Fsp3) is 0.467.